The molecule has 1 unspecified atom stereocenters. The van der Waals surface area contributed by atoms with Crippen molar-refractivity contribution >= 4 is 17.7 Å². The number of rotatable bonds is 5. The second-order valence-electron chi connectivity index (χ2n) is 5.58. The van der Waals surface area contributed by atoms with Gasteiger partial charge in [0.15, 0.2) is 0 Å². The third kappa shape index (κ3) is 4.00. The molecule has 1 aliphatic rings. The number of carbonyl (C=O) groups excluding carboxylic acids is 1. The highest BCUT2D eigenvalue weighted by Crippen LogP contribution is 2.36. The maximum Gasteiger partial charge on any atom is 0.252 e. The van der Waals surface area contributed by atoms with Gasteiger partial charge in [0.1, 0.15) is 0 Å². The molecule has 1 fully saturated rings. The Kier molecular flexibility index (Phi) is 5.49. The summed E-state index contributed by atoms with van der Waals surface area (Å²) in [6.45, 7) is 3.76. The van der Waals surface area contributed by atoms with E-state index in [0.29, 0.717) is 5.25 Å². The summed E-state index contributed by atoms with van der Waals surface area (Å²) in [5, 5.41) is 12.5. The molecule has 2 rings (SSSR count). The van der Waals surface area contributed by atoms with Gasteiger partial charge >= 0.3 is 0 Å². The van der Waals surface area contributed by atoms with Crippen molar-refractivity contribution in [3.63, 3.8) is 0 Å². The average Bonchev–Trinajstić information content (AvgIpc) is 2.93. The minimum absolute atomic E-state index is 0.0390. The molecule has 1 saturated carbocycles. The molecular formula is C16H23NO2S. The first-order valence-electron chi connectivity index (χ1n) is 7.29. The molecule has 0 radical (unpaired) electrons. The number of aryl methyl sites for hydroxylation is 1. The number of aliphatic hydroxyl groups is 1. The van der Waals surface area contributed by atoms with Crippen molar-refractivity contribution in [3.8, 4) is 0 Å². The molecule has 0 saturated heterocycles. The van der Waals surface area contributed by atoms with E-state index in [1.54, 1.807) is 6.92 Å². The van der Waals surface area contributed by atoms with Crippen LogP contribution in [0.2, 0.25) is 0 Å². The van der Waals surface area contributed by atoms with E-state index in [2.05, 4.69) is 17.4 Å². The van der Waals surface area contributed by atoms with E-state index in [1.807, 2.05) is 24.8 Å². The van der Waals surface area contributed by atoms with Crippen molar-refractivity contribution in [1.82, 2.24) is 5.32 Å². The number of hydrogen-bond donors (Lipinski definition) is 2. The second kappa shape index (κ2) is 7.14. The van der Waals surface area contributed by atoms with Crippen LogP contribution in [-0.4, -0.2) is 28.9 Å². The van der Waals surface area contributed by atoms with Crippen molar-refractivity contribution in [1.29, 1.82) is 0 Å². The van der Waals surface area contributed by atoms with Crippen LogP contribution in [0.1, 0.15) is 48.5 Å². The zero-order valence-electron chi connectivity index (χ0n) is 12.2. The number of nitrogens with one attached hydrogen (secondary N) is 1. The van der Waals surface area contributed by atoms with E-state index in [-0.39, 0.29) is 18.6 Å². The minimum atomic E-state index is -0.215. The van der Waals surface area contributed by atoms with E-state index in [4.69, 9.17) is 5.11 Å². The molecule has 1 aromatic rings. The number of benzene rings is 1. The number of hydrogen-bond acceptors (Lipinski definition) is 3. The Bertz CT molecular complexity index is 470. The van der Waals surface area contributed by atoms with Crippen molar-refractivity contribution in [2.24, 2.45) is 0 Å². The topological polar surface area (TPSA) is 49.3 Å². The van der Waals surface area contributed by atoms with Crippen molar-refractivity contribution in [2.45, 2.75) is 55.7 Å². The predicted molar refractivity (Wildman–Crippen MR) is 83.3 cm³/mol. The van der Waals surface area contributed by atoms with Crippen LogP contribution in [-0.2, 0) is 0 Å². The van der Waals surface area contributed by atoms with Gasteiger partial charge in [-0.05, 0) is 38.8 Å². The van der Waals surface area contributed by atoms with Gasteiger partial charge in [-0.2, -0.15) is 0 Å². The summed E-state index contributed by atoms with van der Waals surface area (Å²) in [6.07, 6.45) is 5.08. The quantitative estimate of drug-likeness (QED) is 0.877. The minimum Gasteiger partial charge on any atom is -0.394 e. The molecule has 1 aliphatic carbocycles. The fourth-order valence-corrected chi connectivity index (χ4v) is 3.81. The summed E-state index contributed by atoms with van der Waals surface area (Å²) < 4.78 is 0. The number of carbonyl (C=O) groups is 1. The van der Waals surface area contributed by atoms with Gasteiger partial charge in [0, 0.05) is 16.2 Å². The van der Waals surface area contributed by atoms with Gasteiger partial charge in [0.2, 0.25) is 0 Å². The van der Waals surface area contributed by atoms with Gasteiger partial charge < -0.3 is 10.4 Å². The molecule has 3 nitrogen and oxygen atoms in total. The Hall–Kier alpha value is -1.00. The van der Waals surface area contributed by atoms with E-state index in [1.165, 1.54) is 25.7 Å². The largest absolute Gasteiger partial charge is 0.394 e. The van der Waals surface area contributed by atoms with Crippen LogP contribution in [0.5, 0.6) is 0 Å². The van der Waals surface area contributed by atoms with E-state index < -0.39 is 0 Å². The average molecular weight is 293 g/mol. The lowest BCUT2D eigenvalue weighted by Gasteiger charge is -2.16. The molecule has 20 heavy (non-hydrogen) atoms. The summed E-state index contributed by atoms with van der Waals surface area (Å²) in [5.74, 6) is -0.0873. The van der Waals surface area contributed by atoms with E-state index in [0.717, 1.165) is 16.0 Å². The lowest BCUT2D eigenvalue weighted by molar-refractivity contribution is 0.0919. The van der Waals surface area contributed by atoms with Gasteiger partial charge in [0.05, 0.1) is 12.2 Å². The summed E-state index contributed by atoms with van der Waals surface area (Å²) in [5.41, 5.74) is 1.82. The molecule has 4 heteroatoms. The highest BCUT2D eigenvalue weighted by atomic mass is 32.2. The van der Waals surface area contributed by atoms with Gasteiger partial charge in [-0.25, -0.2) is 0 Å². The van der Waals surface area contributed by atoms with Crippen LogP contribution in [0, 0.1) is 6.92 Å². The third-order valence-corrected chi connectivity index (χ3v) is 5.04. The molecule has 2 N–H and O–H groups in total. The summed E-state index contributed by atoms with van der Waals surface area (Å²) in [6, 6.07) is 5.84. The molecule has 1 atom stereocenters. The van der Waals surface area contributed by atoms with Crippen molar-refractivity contribution in [3.05, 3.63) is 29.3 Å². The Labute approximate surface area is 125 Å². The van der Waals surface area contributed by atoms with Crippen LogP contribution in [0.4, 0.5) is 0 Å². The molecule has 0 aromatic heterocycles. The van der Waals surface area contributed by atoms with E-state index in [9.17, 15) is 4.79 Å². The fraction of sp³-hybridized carbons (Fsp3) is 0.562. The lowest BCUT2D eigenvalue weighted by atomic mass is 10.1. The molecule has 1 aromatic carbocycles. The maximum absolute atomic E-state index is 12.3. The van der Waals surface area contributed by atoms with Crippen LogP contribution in [0.25, 0.3) is 0 Å². The molecule has 0 bridgehead atoms. The highest BCUT2D eigenvalue weighted by molar-refractivity contribution is 8.00. The number of amides is 1. The van der Waals surface area contributed by atoms with Crippen LogP contribution < -0.4 is 5.32 Å². The Balaban J connectivity index is 2.16. The SMILES string of the molecule is Cc1ccc(SC2CCCC2)c(C(=O)NC(C)CO)c1. The molecule has 1 amide bonds. The van der Waals surface area contributed by atoms with Crippen molar-refractivity contribution in [2.75, 3.05) is 6.61 Å². The number of aliphatic hydroxyl groups excluding tert-OH is 1. The Morgan fingerprint density at radius 2 is 2.15 bits per heavy atom. The van der Waals surface area contributed by atoms with Crippen LogP contribution in [0.15, 0.2) is 23.1 Å². The first-order valence-corrected chi connectivity index (χ1v) is 8.17. The number of thioether (sulfide) groups is 1. The molecule has 0 aliphatic heterocycles. The second-order valence-corrected chi connectivity index (χ2v) is 6.92. The third-order valence-electron chi connectivity index (χ3n) is 3.63. The van der Waals surface area contributed by atoms with Gasteiger partial charge in [-0.3, -0.25) is 4.79 Å². The van der Waals surface area contributed by atoms with Gasteiger partial charge in [-0.1, -0.05) is 24.5 Å². The zero-order chi connectivity index (χ0) is 14.5. The smallest absolute Gasteiger partial charge is 0.252 e. The van der Waals surface area contributed by atoms with E-state index >= 15 is 0 Å². The first kappa shape index (κ1) is 15.4. The zero-order valence-corrected chi connectivity index (χ0v) is 13.0. The molecule has 110 valence electrons. The highest BCUT2D eigenvalue weighted by Gasteiger charge is 2.20. The fourth-order valence-electron chi connectivity index (χ4n) is 2.46. The molecular weight excluding hydrogens is 270 g/mol. The lowest BCUT2D eigenvalue weighted by Crippen LogP contribution is -2.35. The predicted octanol–water partition coefficient (Wildman–Crippen LogP) is 3.14. The first-order chi connectivity index (χ1) is 9.60. The monoisotopic (exact) mass is 293 g/mol. The summed E-state index contributed by atoms with van der Waals surface area (Å²) >= 11 is 1.83. The van der Waals surface area contributed by atoms with Gasteiger partial charge in [0.25, 0.3) is 5.91 Å². The Morgan fingerprint density at radius 3 is 2.80 bits per heavy atom. The molecule has 0 heterocycles. The van der Waals surface area contributed by atoms with Crippen LogP contribution in [0.3, 0.4) is 0 Å². The summed E-state index contributed by atoms with van der Waals surface area (Å²) in [4.78, 5) is 13.4. The van der Waals surface area contributed by atoms with Crippen molar-refractivity contribution < 1.29 is 9.90 Å². The van der Waals surface area contributed by atoms with Gasteiger partial charge in [-0.15, -0.1) is 11.8 Å². The normalized spacial score (nSPS) is 17.1. The Morgan fingerprint density at radius 1 is 1.45 bits per heavy atom. The van der Waals surface area contributed by atoms with Crippen LogP contribution >= 0.6 is 11.8 Å². The molecule has 0 spiro atoms. The standard InChI is InChI=1S/C16H23NO2S/c1-11-7-8-15(20-13-5-3-4-6-13)14(9-11)16(19)17-12(2)10-18/h7-9,12-13,18H,3-6,10H2,1-2H3,(H,17,19). The maximum atomic E-state index is 12.3. The summed E-state index contributed by atoms with van der Waals surface area (Å²) in [7, 11) is 0.